The van der Waals surface area contributed by atoms with Gasteiger partial charge in [0.2, 0.25) is 11.6 Å². The predicted octanol–water partition coefficient (Wildman–Crippen LogP) is 7.05. The van der Waals surface area contributed by atoms with Gasteiger partial charge in [-0.05, 0) is 25.5 Å². The van der Waals surface area contributed by atoms with Crippen LogP contribution in [-0.2, 0) is 17.8 Å². The van der Waals surface area contributed by atoms with E-state index in [1.807, 2.05) is 6.92 Å². The molecule has 0 spiro atoms. The normalized spacial score (nSPS) is 12.5. The lowest BCUT2D eigenvalue weighted by molar-refractivity contribution is 0.193. The average Bonchev–Trinajstić information content (AvgIpc) is 2.75. The van der Waals surface area contributed by atoms with Gasteiger partial charge in [-0.15, -0.1) is 0 Å². The van der Waals surface area contributed by atoms with Crippen LogP contribution in [0.4, 0.5) is 17.6 Å². The van der Waals surface area contributed by atoms with E-state index in [9.17, 15) is 17.6 Å². The van der Waals surface area contributed by atoms with E-state index in [2.05, 4.69) is 13.2 Å². The predicted molar refractivity (Wildman–Crippen MR) is 109 cm³/mol. The minimum absolute atomic E-state index is 0.0530. The van der Waals surface area contributed by atoms with Crippen LogP contribution in [0.25, 0.3) is 0 Å². The monoisotopic (exact) mass is 434 g/mol. The molecule has 1 aliphatic heterocycles. The van der Waals surface area contributed by atoms with Crippen LogP contribution >= 0.6 is 0 Å². The first-order valence-corrected chi connectivity index (χ1v) is 9.75. The van der Waals surface area contributed by atoms with Gasteiger partial charge in [0.05, 0.1) is 6.61 Å². The molecular weight excluding hydrogens is 412 g/mol. The molecule has 0 N–H and O–H groups in total. The van der Waals surface area contributed by atoms with Gasteiger partial charge in [0.15, 0.2) is 28.9 Å². The molecule has 0 aliphatic carbocycles. The van der Waals surface area contributed by atoms with Gasteiger partial charge >= 0.3 is 0 Å². The molecule has 31 heavy (non-hydrogen) atoms. The van der Waals surface area contributed by atoms with Gasteiger partial charge in [0.25, 0.3) is 0 Å². The molecule has 0 amide bonds. The maximum absolute atomic E-state index is 15.0. The van der Waals surface area contributed by atoms with Crippen molar-refractivity contribution in [3.63, 3.8) is 0 Å². The Morgan fingerprint density at radius 3 is 2.45 bits per heavy atom. The third kappa shape index (κ3) is 4.60. The molecule has 0 radical (unpaired) electrons. The standard InChI is InChI=1S/C24H22F4O3/c1-5-13(3)9-18(25)14(4)30-12-16-8-7-15-10-17-11-19(29-6-2)21(27)22(28)24(17)31-23(15)20(16)26/h7-9,11H,3-6,10,12H2,1-2H3/b18-9+. The van der Waals surface area contributed by atoms with E-state index >= 15 is 0 Å². The van der Waals surface area contributed by atoms with E-state index in [-0.39, 0.29) is 48.2 Å². The molecular formula is C24H22F4O3. The third-order valence-corrected chi connectivity index (χ3v) is 4.80. The molecule has 3 nitrogen and oxygen atoms in total. The largest absolute Gasteiger partial charge is 0.491 e. The zero-order chi connectivity index (χ0) is 22.7. The summed E-state index contributed by atoms with van der Waals surface area (Å²) in [5.41, 5.74) is 1.40. The molecule has 164 valence electrons. The number of ether oxygens (including phenoxy) is 3. The molecule has 1 aliphatic rings. The molecule has 1 heterocycles. The maximum atomic E-state index is 15.0. The second-order valence-corrected chi connectivity index (χ2v) is 6.95. The number of hydrogen-bond donors (Lipinski definition) is 0. The van der Waals surface area contributed by atoms with Crippen LogP contribution in [0.3, 0.4) is 0 Å². The van der Waals surface area contributed by atoms with Gasteiger partial charge < -0.3 is 14.2 Å². The fourth-order valence-corrected chi connectivity index (χ4v) is 3.04. The SMILES string of the molecule is C=C(/C=C(/F)C(=C)OCc1ccc2c(c1F)Oc1c(cc(OCC)c(F)c1F)C2)CC. The van der Waals surface area contributed by atoms with Crippen LogP contribution in [-0.4, -0.2) is 6.61 Å². The molecule has 0 bridgehead atoms. The van der Waals surface area contributed by atoms with Crippen molar-refractivity contribution in [2.24, 2.45) is 0 Å². The lowest BCUT2D eigenvalue weighted by Gasteiger charge is -2.23. The van der Waals surface area contributed by atoms with Gasteiger partial charge in [-0.3, -0.25) is 0 Å². The van der Waals surface area contributed by atoms with Crippen molar-refractivity contribution in [3.8, 4) is 17.2 Å². The summed E-state index contributed by atoms with van der Waals surface area (Å²) in [6.45, 7) is 10.5. The second-order valence-electron chi connectivity index (χ2n) is 6.95. The highest BCUT2D eigenvalue weighted by Crippen LogP contribution is 2.43. The molecule has 0 fully saturated rings. The van der Waals surface area contributed by atoms with Gasteiger partial charge in [0, 0.05) is 23.1 Å². The second kappa shape index (κ2) is 9.29. The summed E-state index contributed by atoms with van der Waals surface area (Å²) in [7, 11) is 0. The smallest absolute Gasteiger partial charge is 0.205 e. The Kier molecular flexibility index (Phi) is 6.73. The minimum Gasteiger partial charge on any atom is -0.491 e. The van der Waals surface area contributed by atoms with Crippen molar-refractivity contribution < 1.29 is 31.8 Å². The Balaban J connectivity index is 1.83. The summed E-state index contributed by atoms with van der Waals surface area (Å²) in [6.07, 6.45) is 1.88. The van der Waals surface area contributed by atoms with Crippen molar-refractivity contribution in [1.29, 1.82) is 0 Å². The zero-order valence-corrected chi connectivity index (χ0v) is 17.3. The topological polar surface area (TPSA) is 27.7 Å². The summed E-state index contributed by atoms with van der Waals surface area (Å²) in [5, 5.41) is 0. The van der Waals surface area contributed by atoms with Gasteiger partial charge in [0.1, 0.15) is 12.4 Å². The molecule has 0 atom stereocenters. The quantitative estimate of drug-likeness (QED) is 0.216. The van der Waals surface area contributed by atoms with E-state index in [0.29, 0.717) is 23.1 Å². The highest BCUT2D eigenvalue weighted by Gasteiger charge is 2.29. The van der Waals surface area contributed by atoms with E-state index in [1.165, 1.54) is 18.2 Å². The third-order valence-electron chi connectivity index (χ3n) is 4.80. The molecule has 3 rings (SSSR count). The number of hydrogen-bond acceptors (Lipinski definition) is 3. The molecule has 0 aromatic heterocycles. The molecule has 0 saturated carbocycles. The first-order chi connectivity index (χ1) is 14.8. The number of rotatable bonds is 8. The Morgan fingerprint density at radius 1 is 1.06 bits per heavy atom. The van der Waals surface area contributed by atoms with Crippen LogP contribution in [0.15, 0.2) is 54.6 Å². The van der Waals surface area contributed by atoms with Crippen molar-refractivity contribution >= 4 is 0 Å². The maximum Gasteiger partial charge on any atom is 0.205 e. The molecule has 7 heteroatoms. The van der Waals surface area contributed by atoms with Crippen LogP contribution in [0.2, 0.25) is 0 Å². The lowest BCUT2D eigenvalue weighted by atomic mass is 9.98. The van der Waals surface area contributed by atoms with Gasteiger partial charge in [-0.2, -0.15) is 8.78 Å². The first kappa shape index (κ1) is 22.5. The number of fused-ring (bicyclic) bond motifs is 2. The summed E-state index contributed by atoms with van der Waals surface area (Å²) in [6, 6.07) is 4.40. The van der Waals surface area contributed by atoms with Crippen LogP contribution in [0.1, 0.15) is 37.0 Å². The Labute approximate surface area is 178 Å². The average molecular weight is 434 g/mol. The minimum atomic E-state index is -1.25. The van der Waals surface area contributed by atoms with E-state index < -0.39 is 23.3 Å². The van der Waals surface area contributed by atoms with Crippen molar-refractivity contribution in [2.45, 2.75) is 33.3 Å². The van der Waals surface area contributed by atoms with Crippen molar-refractivity contribution in [3.05, 3.63) is 88.7 Å². The summed E-state index contributed by atoms with van der Waals surface area (Å²) >= 11 is 0. The summed E-state index contributed by atoms with van der Waals surface area (Å²) in [5.74, 6) is -5.06. The number of benzene rings is 2. The highest BCUT2D eigenvalue weighted by molar-refractivity contribution is 5.54. The van der Waals surface area contributed by atoms with Crippen molar-refractivity contribution in [1.82, 2.24) is 0 Å². The fourth-order valence-electron chi connectivity index (χ4n) is 3.04. The van der Waals surface area contributed by atoms with Gasteiger partial charge in [-0.25, -0.2) is 8.78 Å². The van der Waals surface area contributed by atoms with E-state index in [0.717, 1.165) is 0 Å². The van der Waals surface area contributed by atoms with Crippen LogP contribution in [0.5, 0.6) is 17.2 Å². The first-order valence-electron chi connectivity index (χ1n) is 9.75. The Bertz CT molecular complexity index is 1070. The Hall–Kier alpha value is -3.22. The Morgan fingerprint density at radius 2 is 1.77 bits per heavy atom. The molecule has 0 saturated heterocycles. The zero-order valence-electron chi connectivity index (χ0n) is 17.3. The fraction of sp³-hybridized carbons (Fsp3) is 0.250. The van der Waals surface area contributed by atoms with E-state index in [4.69, 9.17) is 14.2 Å². The molecule has 2 aromatic rings. The molecule has 2 aromatic carbocycles. The van der Waals surface area contributed by atoms with Crippen LogP contribution in [0, 0.1) is 17.5 Å². The lowest BCUT2D eigenvalue weighted by Crippen LogP contribution is -2.11. The van der Waals surface area contributed by atoms with Gasteiger partial charge in [-0.1, -0.05) is 37.8 Å². The summed E-state index contributed by atoms with van der Waals surface area (Å²) in [4.78, 5) is 0. The van der Waals surface area contributed by atoms with Crippen LogP contribution < -0.4 is 9.47 Å². The molecule has 0 unspecified atom stereocenters. The van der Waals surface area contributed by atoms with Crippen molar-refractivity contribution in [2.75, 3.05) is 6.61 Å². The summed E-state index contributed by atoms with van der Waals surface area (Å²) < 4.78 is 73.4. The highest BCUT2D eigenvalue weighted by atomic mass is 19.2. The number of allylic oxidation sites excluding steroid dienone is 3. The number of halogens is 4. The van der Waals surface area contributed by atoms with E-state index in [1.54, 1.807) is 13.0 Å².